The average molecular weight is 235 g/mol. The lowest BCUT2D eigenvalue weighted by Crippen LogP contribution is -2.16. The lowest BCUT2D eigenvalue weighted by molar-refractivity contribution is 0.555. The molecule has 17 heavy (non-hydrogen) atoms. The summed E-state index contributed by atoms with van der Waals surface area (Å²) in [5.41, 5.74) is 7.91. The lowest BCUT2D eigenvalue weighted by atomic mass is 10.2. The number of rotatable bonds is 5. The predicted molar refractivity (Wildman–Crippen MR) is 68.2 cm³/mol. The molecule has 0 spiro atoms. The van der Waals surface area contributed by atoms with Crippen molar-refractivity contribution in [1.29, 1.82) is 0 Å². The number of fused-ring (bicyclic) bond motifs is 1. The van der Waals surface area contributed by atoms with Gasteiger partial charge in [-0.15, -0.1) is 0 Å². The van der Waals surface area contributed by atoms with Crippen LogP contribution in [0.3, 0.4) is 0 Å². The van der Waals surface area contributed by atoms with Gasteiger partial charge in [0.2, 0.25) is 0 Å². The summed E-state index contributed by atoms with van der Waals surface area (Å²) >= 11 is 0. The highest BCUT2D eigenvalue weighted by Gasteiger charge is 2.01. The van der Waals surface area contributed by atoms with Crippen LogP contribution in [0.15, 0.2) is 27.4 Å². The molecule has 5 heteroatoms. The number of benzene rings is 1. The molecule has 1 atom stereocenters. The van der Waals surface area contributed by atoms with Crippen molar-refractivity contribution >= 4 is 16.8 Å². The Morgan fingerprint density at radius 3 is 3.12 bits per heavy atom. The van der Waals surface area contributed by atoms with Crippen molar-refractivity contribution in [3.05, 3.63) is 28.7 Å². The predicted octanol–water partition coefficient (Wildman–Crippen LogP) is 1.66. The van der Waals surface area contributed by atoms with Crippen molar-refractivity contribution in [3.63, 3.8) is 0 Å². The molecular formula is C12H17N3O2. The second kappa shape index (κ2) is 5.05. The van der Waals surface area contributed by atoms with Crippen molar-refractivity contribution in [3.8, 4) is 0 Å². The zero-order chi connectivity index (χ0) is 12.3. The number of hydrogen-bond acceptors (Lipinski definition) is 4. The van der Waals surface area contributed by atoms with Gasteiger partial charge in [-0.2, -0.15) is 0 Å². The van der Waals surface area contributed by atoms with Crippen molar-refractivity contribution < 1.29 is 4.42 Å². The zero-order valence-electron chi connectivity index (χ0n) is 9.82. The summed E-state index contributed by atoms with van der Waals surface area (Å²) in [7, 11) is 0. The fraction of sp³-hybridized carbons (Fsp3) is 0.417. The van der Waals surface area contributed by atoms with Gasteiger partial charge in [-0.3, -0.25) is 4.98 Å². The Hall–Kier alpha value is -1.75. The van der Waals surface area contributed by atoms with Gasteiger partial charge in [0.25, 0.3) is 0 Å². The highest BCUT2D eigenvalue weighted by molar-refractivity contribution is 5.76. The van der Waals surface area contributed by atoms with Crippen molar-refractivity contribution in [2.75, 3.05) is 11.9 Å². The van der Waals surface area contributed by atoms with Crippen LogP contribution in [-0.4, -0.2) is 17.6 Å². The third kappa shape index (κ3) is 3.10. The Morgan fingerprint density at radius 2 is 2.35 bits per heavy atom. The van der Waals surface area contributed by atoms with E-state index < -0.39 is 5.76 Å². The van der Waals surface area contributed by atoms with Gasteiger partial charge in [-0.25, -0.2) is 4.79 Å². The lowest BCUT2D eigenvalue weighted by Gasteiger charge is -2.07. The number of nitrogens with two attached hydrogens (primary N) is 1. The Kier molecular flexibility index (Phi) is 3.49. The molecule has 0 aliphatic rings. The van der Waals surface area contributed by atoms with E-state index in [0.717, 1.165) is 30.6 Å². The number of aromatic amines is 1. The molecular weight excluding hydrogens is 218 g/mol. The van der Waals surface area contributed by atoms with Gasteiger partial charge in [0.1, 0.15) is 0 Å². The highest BCUT2D eigenvalue weighted by atomic mass is 16.4. The Morgan fingerprint density at radius 1 is 1.53 bits per heavy atom. The molecule has 2 aromatic rings. The van der Waals surface area contributed by atoms with Gasteiger partial charge in [0.05, 0.1) is 5.52 Å². The number of oxazole rings is 1. The molecule has 0 aliphatic carbocycles. The third-order valence-corrected chi connectivity index (χ3v) is 2.59. The van der Waals surface area contributed by atoms with Gasteiger partial charge in [0, 0.05) is 24.3 Å². The van der Waals surface area contributed by atoms with Gasteiger partial charge in [0.15, 0.2) is 5.58 Å². The topological polar surface area (TPSA) is 84.0 Å². The maximum Gasteiger partial charge on any atom is 0.417 e. The average Bonchev–Trinajstić information content (AvgIpc) is 2.63. The van der Waals surface area contributed by atoms with Crippen LogP contribution in [0.25, 0.3) is 11.1 Å². The van der Waals surface area contributed by atoms with Crippen molar-refractivity contribution in [1.82, 2.24) is 4.98 Å². The molecule has 0 fully saturated rings. The minimum absolute atomic E-state index is 0.238. The molecule has 0 radical (unpaired) electrons. The van der Waals surface area contributed by atoms with Crippen LogP contribution in [0, 0.1) is 0 Å². The van der Waals surface area contributed by atoms with Gasteiger partial charge in [-0.1, -0.05) is 0 Å². The minimum atomic E-state index is -0.422. The summed E-state index contributed by atoms with van der Waals surface area (Å²) < 4.78 is 4.98. The number of H-pyrrole nitrogens is 1. The van der Waals surface area contributed by atoms with Gasteiger partial charge < -0.3 is 15.5 Å². The summed E-state index contributed by atoms with van der Waals surface area (Å²) in [6.07, 6.45) is 2.02. The van der Waals surface area contributed by atoms with Crippen LogP contribution in [-0.2, 0) is 0 Å². The van der Waals surface area contributed by atoms with E-state index in [9.17, 15) is 4.79 Å². The number of aromatic nitrogens is 1. The van der Waals surface area contributed by atoms with Crippen LogP contribution in [0.2, 0.25) is 0 Å². The first-order chi connectivity index (χ1) is 8.15. The number of hydrogen-bond donors (Lipinski definition) is 3. The largest absolute Gasteiger partial charge is 0.417 e. The van der Waals surface area contributed by atoms with E-state index in [1.54, 1.807) is 0 Å². The van der Waals surface area contributed by atoms with E-state index in [2.05, 4.69) is 10.3 Å². The molecule has 1 aromatic carbocycles. The summed E-state index contributed by atoms with van der Waals surface area (Å²) in [5.74, 6) is -0.422. The number of anilines is 1. The summed E-state index contributed by atoms with van der Waals surface area (Å²) in [6, 6.07) is 5.80. The van der Waals surface area contributed by atoms with E-state index in [-0.39, 0.29) is 6.04 Å². The fourth-order valence-electron chi connectivity index (χ4n) is 1.71. The maximum atomic E-state index is 11.0. The van der Waals surface area contributed by atoms with Crippen LogP contribution in [0.4, 0.5) is 5.69 Å². The minimum Gasteiger partial charge on any atom is -0.408 e. The molecule has 1 aromatic heterocycles. The molecule has 92 valence electrons. The van der Waals surface area contributed by atoms with E-state index in [1.807, 2.05) is 25.1 Å². The third-order valence-electron chi connectivity index (χ3n) is 2.59. The first-order valence-electron chi connectivity index (χ1n) is 5.77. The second-order valence-electron chi connectivity index (χ2n) is 4.27. The van der Waals surface area contributed by atoms with Crippen LogP contribution < -0.4 is 16.8 Å². The second-order valence-corrected chi connectivity index (χ2v) is 4.27. The van der Waals surface area contributed by atoms with E-state index in [4.69, 9.17) is 10.2 Å². The Bertz CT molecular complexity index is 542. The molecule has 0 saturated carbocycles. The Balaban J connectivity index is 1.97. The van der Waals surface area contributed by atoms with E-state index in [1.165, 1.54) is 0 Å². The van der Waals surface area contributed by atoms with Crippen molar-refractivity contribution in [2.45, 2.75) is 25.8 Å². The summed E-state index contributed by atoms with van der Waals surface area (Å²) in [5, 5.41) is 3.27. The molecule has 0 amide bonds. The normalized spacial score (nSPS) is 12.8. The first-order valence-corrected chi connectivity index (χ1v) is 5.77. The molecule has 1 unspecified atom stereocenters. The summed E-state index contributed by atoms with van der Waals surface area (Å²) in [6.45, 7) is 2.86. The smallest absolute Gasteiger partial charge is 0.408 e. The summed E-state index contributed by atoms with van der Waals surface area (Å²) in [4.78, 5) is 13.6. The maximum absolute atomic E-state index is 11.0. The molecule has 0 saturated heterocycles. The van der Waals surface area contributed by atoms with E-state index in [0.29, 0.717) is 5.58 Å². The monoisotopic (exact) mass is 235 g/mol. The van der Waals surface area contributed by atoms with Gasteiger partial charge in [-0.05, 0) is 31.9 Å². The highest BCUT2D eigenvalue weighted by Crippen LogP contribution is 2.16. The Labute approximate surface area is 99.0 Å². The SMILES string of the molecule is CC(N)CCCNc1ccc2[nH]c(=O)oc2c1. The van der Waals surface area contributed by atoms with Crippen LogP contribution in [0.1, 0.15) is 19.8 Å². The fourth-order valence-corrected chi connectivity index (χ4v) is 1.71. The van der Waals surface area contributed by atoms with Gasteiger partial charge >= 0.3 is 5.76 Å². The van der Waals surface area contributed by atoms with Crippen molar-refractivity contribution in [2.24, 2.45) is 5.73 Å². The zero-order valence-corrected chi connectivity index (χ0v) is 9.82. The molecule has 5 nitrogen and oxygen atoms in total. The molecule has 4 N–H and O–H groups in total. The quantitative estimate of drug-likeness (QED) is 0.688. The van der Waals surface area contributed by atoms with Crippen LogP contribution >= 0.6 is 0 Å². The molecule has 0 bridgehead atoms. The molecule has 0 aliphatic heterocycles. The molecule has 2 rings (SSSR count). The van der Waals surface area contributed by atoms with E-state index >= 15 is 0 Å². The first kappa shape index (κ1) is 11.7. The van der Waals surface area contributed by atoms with Crippen LogP contribution in [0.5, 0.6) is 0 Å². The molecule has 1 heterocycles. The number of nitrogens with one attached hydrogen (secondary N) is 2. The standard InChI is InChI=1S/C12H17N3O2/c1-8(13)3-2-6-14-9-4-5-10-11(7-9)17-12(16)15-10/h4-5,7-8,14H,2-3,6,13H2,1H3,(H,15,16).